The second-order valence-corrected chi connectivity index (χ2v) is 21.3. The molecule has 2 aromatic rings. The molecule has 1 fully saturated rings. The molecule has 386 valence electrons. The predicted octanol–water partition coefficient (Wildman–Crippen LogP) is 4.59. The molecule has 0 bridgehead atoms. The number of nitrogen functional groups attached to an aromatic ring is 1. The number of phosphoric ester groups is 3. The molecule has 69 heavy (non-hydrogen) atoms. The number of aromatic nitrogens is 4. The number of aliphatic hydroxyl groups is 2. The second-order valence-electron chi connectivity index (χ2n) is 15.9. The van der Waals surface area contributed by atoms with Gasteiger partial charge in [-0.1, -0.05) is 93.3 Å². The van der Waals surface area contributed by atoms with E-state index < -0.39 is 84.6 Å². The third kappa shape index (κ3) is 22.5. The number of nitrogens with one attached hydrogen (secondary N) is 2. The summed E-state index contributed by atoms with van der Waals surface area (Å²) in [6.45, 7) is 2.60. The summed E-state index contributed by atoms with van der Waals surface area (Å²) in [6, 6.07) is 0. The maximum atomic E-state index is 12.7. The fourth-order valence-electron chi connectivity index (χ4n) is 6.10. The smallest absolute Gasteiger partial charge is 0.386 e. The third-order valence-corrected chi connectivity index (χ3v) is 13.7. The van der Waals surface area contributed by atoms with Crippen molar-refractivity contribution in [1.29, 1.82) is 0 Å². The van der Waals surface area contributed by atoms with Gasteiger partial charge >= 0.3 is 23.5 Å². The number of carbonyl (C=O) groups excluding carboxylic acids is 3. The van der Waals surface area contributed by atoms with Crippen molar-refractivity contribution in [3.63, 3.8) is 0 Å². The van der Waals surface area contributed by atoms with Crippen LogP contribution in [0.1, 0.15) is 84.8 Å². The number of aliphatic hydroxyl groups excluding tert-OH is 2. The molecule has 0 saturated carbocycles. The molecule has 0 aliphatic carbocycles. The molecule has 0 aromatic carbocycles. The van der Waals surface area contributed by atoms with E-state index in [1.165, 1.54) is 13.8 Å². The topological polar surface area (TPSA) is 364 Å². The van der Waals surface area contributed by atoms with Crippen LogP contribution in [0.25, 0.3) is 11.2 Å². The molecule has 1 aliphatic rings. The summed E-state index contributed by atoms with van der Waals surface area (Å²) < 4.78 is 62.4. The van der Waals surface area contributed by atoms with E-state index in [1.54, 1.807) is 0 Å². The Morgan fingerprint density at radius 3 is 2.17 bits per heavy atom. The van der Waals surface area contributed by atoms with Crippen LogP contribution in [0.4, 0.5) is 5.82 Å². The molecule has 0 spiro atoms. The van der Waals surface area contributed by atoms with Crippen molar-refractivity contribution < 1.29 is 80.5 Å². The Morgan fingerprint density at radius 1 is 0.899 bits per heavy atom. The minimum atomic E-state index is -5.58. The quantitative estimate of drug-likeness (QED) is 0.0275. The van der Waals surface area contributed by atoms with Crippen molar-refractivity contribution in [2.75, 3.05) is 37.8 Å². The number of nitrogens with zero attached hydrogens (tertiary/aromatic N) is 4. The van der Waals surface area contributed by atoms with Crippen molar-refractivity contribution in [3.8, 4) is 0 Å². The minimum absolute atomic E-state index is 0.0296. The van der Waals surface area contributed by atoms with E-state index in [0.29, 0.717) is 5.75 Å². The zero-order valence-electron chi connectivity index (χ0n) is 38.5. The van der Waals surface area contributed by atoms with Crippen molar-refractivity contribution in [3.05, 3.63) is 73.4 Å². The van der Waals surface area contributed by atoms with E-state index in [-0.39, 0.29) is 48.0 Å². The van der Waals surface area contributed by atoms with Gasteiger partial charge in [0.05, 0.1) is 19.5 Å². The number of anilines is 1. The number of hydrogen-bond donors (Lipinski definition) is 9. The number of ether oxygens (including phenoxy) is 1. The maximum Gasteiger partial charge on any atom is 0.481 e. The monoisotopic (exact) mass is 1050 g/mol. The van der Waals surface area contributed by atoms with E-state index >= 15 is 0 Å². The van der Waals surface area contributed by atoms with Gasteiger partial charge in [-0.15, -0.1) is 0 Å². The van der Waals surface area contributed by atoms with Crippen LogP contribution in [0, 0.1) is 5.41 Å². The number of carbonyl (C=O) groups is 3. The highest BCUT2D eigenvalue weighted by Crippen LogP contribution is 2.61. The van der Waals surface area contributed by atoms with E-state index in [1.807, 2.05) is 12.2 Å². The zero-order chi connectivity index (χ0) is 51.1. The first kappa shape index (κ1) is 59.6. The number of fused-ring (bicyclic) bond motifs is 1. The molecule has 3 rings (SSSR count). The molecule has 10 N–H and O–H groups in total. The molecule has 28 heteroatoms. The molecule has 1 saturated heterocycles. The van der Waals surface area contributed by atoms with Gasteiger partial charge in [0, 0.05) is 37.1 Å². The van der Waals surface area contributed by atoms with Gasteiger partial charge in [-0.05, 0) is 44.9 Å². The number of amides is 2. The third-order valence-electron chi connectivity index (χ3n) is 9.68. The number of allylic oxidation sites excluding steroid dienone is 10. The van der Waals surface area contributed by atoms with Gasteiger partial charge < -0.3 is 50.9 Å². The van der Waals surface area contributed by atoms with Crippen LogP contribution in [0.3, 0.4) is 0 Å². The van der Waals surface area contributed by atoms with Crippen molar-refractivity contribution >= 4 is 69.1 Å². The van der Waals surface area contributed by atoms with Crippen LogP contribution in [0.2, 0.25) is 0 Å². The summed E-state index contributed by atoms with van der Waals surface area (Å²) in [6.07, 6.45) is 21.0. The molecule has 1 aliphatic heterocycles. The van der Waals surface area contributed by atoms with E-state index in [4.69, 9.17) is 19.5 Å². The van der Waals surface area contributed by atoms with Gasteiger partial charge in [-0.2, -0.15) is 4.31 Å². The average Bonchev–Trinajstić information content (AvgIpc) is 3.84. The lowest BCUT2D eigenvalue weighted by Gasteiger charge is -2.30. The Morgan fingerprint density at radius 2 is 1.52 bits per heavy atom. The van der Waals surface area contributed by atoms with Crippen LogP contribution in [-0.2, 0) is 50.7 Å². The van der Waals surface area contributed by atoms with Crippen LogP contribution in [-0.4, -0.2) is 123 Å². The Bertz CT molecular complexity index is 2270. The SMILES string of the molecule is CC/C=C\C/C=C\C/C=C\C/C=C\CCC/C=C/CC(=O)SCCNC(=O)CCNC(=O)[C@H](O)C(C)(C)COP(=O)(O)OP(=O)(O)OC[C@H]1O[C@@H](n2cnc3c(N)ncnc32)[C@H](O)[C@@H]1OP(=O)(O)O. The molecule has 2 unspecified atom stereocenters. The van der Waals surface area contributed by atoms with Gasteiger partial charge in [0.25, 0.3) is 0 Å². The van der Waals surface area contributed by atoms with Crippen LogP contribution < -0.4 is 16.4 Å². The first-order valence-corrected chi connectivity index (χ1v) is 27.4. The van der Waals surface area contributed by atoms with Crippen molar-refractivity contribution in [2.24, 2.45) is 5.41 Å². The van der Waals surface area contributed by atoms with Crippen molar-refractivity contribution in [1.82, 2.24) is 30.2 Å². The normalized spacial score (nSPS) is 20.4. The second kappa shape index (κ2) is 29.6. The molecular formula is C41H64N7O17P3S. The Kier molecular flexibility index (Phi) is 25.5. The lowest BCUT2D eigenvalue weighted by Crippen LogP contribution is -2.46. The number of imidazole rings is 1. The fourth-order valence-corrected chi connectivity index (χ4v) is 9.58. The summed E-state index contributed by atoms with van der Waals surface area (Å²) >= 11 is 1.08. The average molecular weight is 1050 g/mol. The van der Waals surface area contributed by atoms with Gasteiger partial charge in [-0.3, -0.25) is 32.5 Å². The zero-order valence-corrected chi connectivity index (χ0v) is 42.0. The predicted molar refractivity (Wildman–Crippen MR) is 255 cm³/mol. The van der Waals surface area contributed by atoms with Gasteiger partial charge in [0.1, 0.15) is 36.3 Å². The van der Waals surface area contributed by atoms with Gasteiger partial charge in [0.2, 0.25) is 11.8 Å². The van der Waals surface area contributed by atoms with Crippen LogP contribution in [0.15, 0.2) is 73.4 Å². The summed E-state index contributed by atoms with van der Waals surface area (Å²) in [4.78, 5) is 88.3. The van der Waals surface area contributed by atoms with Gasteiger partial charge in [-0.25, -0.2) is 28.6 Å². The Balaban J connectivity index is 1.31. The van der Waals surface area contributed by atoms with E-state index in [9.17, 15) is 57.9 Å². The molecule has 2 aromatic heterocycles. The number of unbranched alkanes of at least 4 members (excludes halogenated alkanes) is 2. The highest BCUT2D eigenvalue weighted by atomic mass is 32.2. The maximum absolute atomic E-state index is 12.7. The molecule has 24 nitrogen and oxygen atoms in total. The highest BCUT2D eigenvalue weighted by molar-refractivity contribution is 8.13. The minimum Gasteiger partial charge on any atom is -0.386 e. The van der Waals surface area contributed by atoms with Gasteiger partial charge in [0.15, 0.2) is 22.8 Å². The molecular weight excluding hydrogens is 987 g/mol. The number of hydrogen-bond acceptors (Lipinski definition) is 18. The number of thioether (sulfide) groups is 1. The lowest BCUT2D eigenvalue weighted by molar-refractivity contribution is -0.137. The Hall–Kier alpha value is -3.74. The van der Waals surface area contributed by atoms with E-state index in [2.05, 4.69) is 90.0 Å². The largest absolute Gasteiger partial charge is 0.481 e. The first-order valence-electron chi connectivity index (χ1n) is 21.9. The summed E-state index contributed by atoms with van der Waals surface area (Å²) in [5, 5.41) is 26.5. The van der Waals surface area contributed by atoms with Crippen LogP contribution in [0.5, 0.6) is 0 Å². The number of phosphoric acid groups is 3. The number of nitrogens with two attached hydrogens (primary N) is 1. The molecule has 0 radical (unpaired) electrons. The standard InChI is InChI=1S/C41H64N7O17P3S/c1-4-5-6-7-8-9-10-11-12-13-14-15-16-17-18-19-20-21-32(50)69-25-24-43-31(49)22-23-44-39(53)36(52)41(2,3)27-62-68(59,60)65-67(57,58)61-26-30-35(64-66(54,55)56)34(51)40(63-30)48-29-47-33-37(42)45-28-46-38(33)48/h5-6,8-9,11-12,14-15,19-20,28-30,34-36,40,51-52H,4,7,10,13,16-18,21-27H2,1-3H3,(H,43,49)(H,44,53)(H,57,58)(H,59,60)(H2,42,45,46)(H2,54,55,56)/b6-5-,9-8-,12-11-,15-14-,20-19+/t30-,34-,35-,36+,40-/m1/s1. The summed E-state index contributed by atoms with van der Waals surface area (Å²) in [5.41, 5.74) is 4.27. The summed E-state index contributed by atoms with van der Waals surface area (Å²) in [7, 11) is -16.4. The summed E-state index contributed by atoms with van der Waals surface area (Å²) in [5.74, 6) is -1.12. The van der Waals surface area contributed by atoms with Crippen LogP contribution >= 0.6 is 35.2 Å². The van der Waals surface area contributed by atoms with Crippen molar-refractivity contribution in [2.45, 2.75) is 109 Å². The molecule has 2 amide bonds. The molecule has 7 atom stereocenters. The lowest BCUT2D eigenvalue weighted by atomic mass is 9.87. The Labute approximate surface area is 404 Å². The van der Waals surface area contributed by atoms with E-state index in [0.717, 1.165) is 73.9 Å². The highest BCUT2D eigenvalue weighted by Gasteiger charge is 2.50. The number of rotatable bonds is 32. The first-order chi connectivity index (χ1) is 32.6. The fraction of sp³-hybridized carbons (Fsp3) is 0.561. The molecule has 3 heterocycles.